The fraction of sp³-hybridized carbons (Fsp3) is 0.464. The van der Waals surface area contributed by atoms with E-state index in [0.717, 1.165) is 60.2 Å². The van der Waals surface area contributed by atoms with E-state index in [0.29, 0.717) is 30.2 Å². The third-order valence-electron chi connectivity index (χ3n) is 7.59. The van der Waals surface area contributed by atoms with Crippen molar-refractivity contribution in [3.05, 3.63) is 56.0 Å². The SMILES string of the molecule is CC#CCn1c(N2CCC[C@@H](N)C2)nc2c1c(=O)n(Cc1ccc3nc(C)c(C)nc3c1)c(=O)n2C1CC1. The molecule has 10 heteroatoms. The lowest BCUT2D eigenvalue weighted by molar-refractivity contribution is 0.496. The molecule has 0 spiro atoms. The summed E-state index contributed by atoms with van der Waals surface area (Å²) in [4.78, 5) is 44.1. The lowest BCUT2D eigenvalue weighted by Gasteiger charge is -2.31. The Morgan fingerprint density at radius 1 is 1.03 bits per heavy atom. The van der Waals surface area contributed by atoms with Gasteiger partial charge in [-0.25, -0.2) is 14.8 Å². The molecule has 196 valence electrons. The molecule has 2 N–H and O–H groups in total. The average molecular weight is 513 g/mol. The molecule has 4 aromatic rings. The number of fused-ring (bicyclic) bond motifs is 2. The molecule has 0 radical (unpaired) electrons. The van der Waals surface area contributed by atoms with E-state index in [2.05, 4.69) is 26.7 Å². The summed E-state index contributed by atoms with van der Waals surface area (Å²) in [5.74, 6) is 6.70. The molecule has 0 bridgehead atoms. The minimum absolute atomic E-state index is 0.0416. The molecule has 10 nitrogen and oxygen atoms in total. The maximum absolute atomic E-state index is 14.0. The van der Waals surface area contributed by atoms with Crippen molar-refractivity contribution >= 4 is 28.1 Å². The van der Waals surface area contributed by atoms with E-state index in [4.69, 9.17) is 10.7 Å². The van der Waals surface area contributed by atoms with Crippen molar-refractivity contribution in [1.29, 1.82) is 0 Å². The zero-order valence-electron chi connectivity index (χ0n) is 22.1. The van der Waals surface area contributed by atoms with Gasteiger partial charge in [-0.2, -0.15) is 4.98 Å². The first-order valence-corrected chi connectivity index (χ1v) is 13.2. The van der Waals surface area contributed by atoms with Gasteiger partial charge in [-0.05, 0) is 64.2 Å². The minimum Gasteiger partial charge on any atom is -0.341 e. The van der Waals surface area contributed by atoms with Crippen LogP contribution in [-0.4, -0.2) is 47.8 Å². The van der Waals surface area contributed by atoms with Crippen LogP contribution in [0.3, 0.4) is 0 Å². The van der Waals surface area contributed by atoms with Gasteiger partial charge in [-0.3, -0.25) is 18.5 Å². The van der Waals surface area contributed by atoms with Crippen LogP contribution in [-0.2, 0) is 13.1 Å². The van der Waals surface area contributed by atoms with Gasteiger partial charge < -0.3 is 10.6 Å². The van der Waals surface area contributed by atoms with Crippen molar-refractivity contribution in [3.8, 4) is 11.8 Å². The Morgan fingerprint density at radius 3 is 2.50 bits per heavy atom. The Hall–Kier alpha value is -3.97. The molecule has 1 aromatic carbocycles. The van der Waals surface area contributed by atoms with Crippen LogP contribution in [0.1, 0.15) is 55.6 Å². The third-order valence-corrected chi connectivity index (χ3v) is 7.59. The number of benzene rings is 1. The molecule has 1 aliphatic heterocycles. The zero-order chi connectivity index (χ0) is 26.6. The molecule has 4 heterocycles. The van der Waals surface area contributed by atoms with Crippen molar-refractivity contribution in [2.24, 2.45) is 5.73 Å². The number of aryl methyl sites for hydroxylation is 2. The first-order chi connectivity index (χ1) is 18.4. The Morgan fingerprint density at radius 2 is 1.79 bits per heavy atom. The van der Waals surface area contributed by atoms with Crippen LogP contribution in [0, 0.1) is 25.7 Å². The number of nitrogens with two attached hydrogens (primary N) is 1. The normalized spacial score (nSPS) is 17.7. The molecule has 2 fully saturated rings. The average Bonchev–Trinajstić information content (AvgIpc) is 3.66. The van der Waals surface area contributed by atoms with Crippen molar-refractivity contribution in [2.75, 3.05) is 18.0 Å². The number of piperidine rings is 1. The van der Waals surface area contributed by atoms with Gasteiger partial charge >= 0.3 is 5.69 Å². The maximum atomic E-state index is 14.0. The van der Waals surface area contributed by atoms with Gasteiger partial charge in [0, 0.05) is 25.2 Å². The van der Waals surface area contributed by atoms with Gasteiger partial charge in [-0.1, -0.05) is 12.0 Å². The Balaban J connectivity index is 1.54. The van der Waals surface area contributed by atoms with E-state index in [9.17, 15) is 9.59 Å². The van der Waals surface area contributed by atoms with Gasteiger partial charge in [0.25, 0.3) is 5.56 Å². The number of aromatic nitrogens is 6. The second-order valence-corrected chi connectivity index (χ2v) is 10.4. The molecule has 38 heavy (non-hydrogen) atoms. The number of hydrogen-bond donors (Lipinski definition) is 1. The summed E-state index contributed by atoms with van der Waals surface area (Å²) in [6.07, 6.45) is 3.69. The van der Waals surface area contributed by atoms with Crippen molar-refractivity contribution in [3.63, 3.8) is 0 Å². The van der Waals surface area contributed by atoms with Gasteiger partial charge in [0.1, 0.15) is 0 Å². The summed E-state index contributed by atoms with van der Waals surface area (Å²) in [6.45, 7) is 7.55. The molecule has 1 aliphatic carbocycles. The van der Waals surface area contributed by atoms with Gasteiger partial charge in [-0.15, -0.1) is 5.92 Å². The van der Waals surface area contributed by atoms with Crippen LogP contribution in [0.4, 0.5) is 5.95 Å². The summed E-state index contributed by atoms with van der Waals surface area (Å²) < 4.78 is 4.92. The number of rotatable bonds is 5. The number of nitrogens with zero attached hydrogens (tertiary/aromatic N) is 7. The summed E-state index contributed by atoms with van der Waals surface area (Å²) in [7, 11) is 0. The molecular weight excluding hydrogens is 480 g/mol. The summed E-state index contributed by atoms with van der Waals surface area (Å²) >= 11 is 0. The third kappa shape index (κ3) is 4.17. The zero-order valence-corrected chi connectivity index (χ0v) is 22.1. The Labute approximate surface area is 220 Å². The predicted molar refractivity (Wildman–Crippen MR) is 148 cm³/mol. The second-order valence-electron chi connectivity index (χ2n) is 10.4. The molecule has 1 saturated heterocycles. The topological polar surface area (TPSA) is 117 Å². The molecule has 0 amide bonds. The van der Waals surface area contributed by atoms with E-state index >= 15 is 0 Å². The molecule has 1 saturated carbocycles. The number of hydrogen-bond acceptors (Lipinski definition) is 7. The summed E-state index contributed by atoms with van der Waals surface area (Å²) in [6, 6.07) is 5.80. The molecule has 0 unspecified atom stereocenters. The molecule has 6 rings (SSSR count). The Kier molecular flexibility index (Phi) is 6.03. The summed E-state index contributed by atoms with van der Waals surface area (Å²) in [5.41, 5.74) is 10.5. The largest absolute Gasteiger partial charge is 0.341 e. The minimum atomic E-state index is -0.355. The van der Waals surface area contributed by atoms with Crippen LogP contribution < -0.4 is 21.9 Å². The fourth-order valence-corrected chi connectivity index (χ4v) is 5.34. The lowest BCUT2D eigenvalue weighted by atomic mass is 10.1. The van der Waals surface area contributed by atoms with Crippen LogP contribution in [0.25, 0.3) is 22.2 Å². The van der Waals surface area contributed by atoms with E-state index in [1.807, 2.05) is 36.6 Å². The monoisotopic (exact) mass is 512 g/mol. The van der Waals surface area contributed by atoms with Crippen molar-refractivity contribution in [2.45, 2.75) is 71.6 Å². The van der Waals surface area contributed by atoms with E-state index in [-0.39, 0.29) is 29.9 Å². The highest BCUT2D eigenvalue weighted by Crippen LogP contribution is 2.36. The molecule has 3 aromatic heterocycles. The van der Waals surface area contributed by atoms with Crippen LogP contribution in [0.2, 0.25) is 0 Å². The van der Waals surface area contributed by atoms with Gasteiger partial charge in [0.2, 0.25) is 5.95 Å². The Bertz CT molecular complexity index is 1750. The summed E-state index contributed by atoms with van der Waals surface area (Å²) in [5, 5.41) is 0. The van der Waals surface area contributed by atoms with E-state index in [1.54, 1.807) is 11.5 Å². The quantitative estimate of drug-likeness (QED) is 0.408. The van der Waals surface area contributed by atoms with Crippen molar-refractivity contribution in [1.82, 2.24) is 28.7 Å². The fourth-order valence-electron chi connectivity index (χ4n) is 5.34. The number of imidazole rings is 1. The highest BCUT2D eigenvalue weighted by molar-refractivity contribution is 5.76. The standard InChI is InChI=1S/C28H32N8O2/c1-4-5-13-34-24-25(32-27(34)33-12-6-7-20(29)16-33)36(21-9-10-21)28(38)35(26(24)37)15-19-8-11-22-23(14-19)31-18(3)17(2)30-22/h8,11,14,20-21H,6-7,9-10,12-13,15-16,29H2,1-3H3/t20-/m1/s1. The first-order valence-electron chi connectivity index (χ1n) is 13.2. The maximum Gasteiger partial charge on any atom is 0.333 e. The van der Waals surface area contributed by atoms with Gasteiger partial charge in [0.05, 0.1) is 35.5 Å². The highest BCUT2D eigenvalue weighted by atomic mass is 16.2. The van der Waals surface area contributed by atoms with Crippen LogP contribution in [0.15, 0.2) is 27.8 Å². The van der Waals surface area contributed by atoms with Gasteiger partial charge in [0.15, 0.2) is 11.2 Å². The van der Waals surface area contributed by atoms with E-state index < -0.39 is 0 Å². The molecule has 1 atom stereocenters. The lowest BCUT2D eigenvalue weighted by Crippen LogP contribution is -2.44. The van der Waals surface area contributed by atoms with Crippen LogP contribution in [0.5, 0.6) is 0 Å². The first kappa shape index (κ1) is 24.4. The molecular formula is C28H32N8O2. The van der Waals surface area contributed by atoms with E-state index in [1.165, 1.54) is 4.57 Å². The smallest absolute Gasteiger partial charge is 0.333 e. The van der Waals surface area contributed by atoms with Crippen molar-refractivity contribution < 1.29 is 0 Å². The molecule has 2 aliphatic rings. The highest BCUT2D eigenvalue weighted by Gasteiger charge is 2.32. The van der Waals surface area contributed by atoms with Crippen LogP contribution >= 0.6 is 0 Å². The predicted octanol–water partition coefficient (Wildman–Crippen LogP) is 2.25. The second kappa shape index (κ2) is 9.40. The number of anilines is 1.